The van der Waals surface area contributed by atoms with Crippen LogP contribution in [0.15, 0.2) is 24.3 Å². The van der Waals surface area contributed by atoms with Crippen molar-refractivity contribution in [3.05, 3.63) is 29.3 Å². The molecule has 2 amide bonds. The molecule has 4 heteroatoms. The van der Waals surface area contributed by atoms with Gasteiger partial charge in [-0.15, -0.1) is 0 Å². The molecule has 0 bridgehead atoms. The second kappa shape index (κ2) is 5.21. The van der Waals surface area contributed by atoms with Crippen molar-refractivity contribution in [2.75, 3.05) is 4.90 Å². The molecular formula is C16H18ClNO2. The van der Waals surface area contributed by atoms with Gasteiger partial charge in [0.1, 0.15) is 0 Å². The van der Waals surface area contributed by atoms with E-state index in [0.717, 1.165) is 25.7 Å². The molecule has 0 N–H and O–H groups in total. The molecule has 1 aromatic rings. The van der Waals surface area contributed by atoms with Gasteiger partial charge < -0.3 is 0 Å². The lowest BCUT2D eigenvalue weighted by molar-refractivity contribution is -0.134. The molecule has 3 rings (SSSR count). The van der Waals surface area contributed by atoms with Gasteiger partial charge >= 0.3 is 0 Å². The van der Waals surface area contributed by atoms with Crippen molar-refractivity contribution < 1.29 is 9.59 Å². The Morgan fingerprint density at radius 3 is 2.25 bits per heavy atom. The minimum Gasteiger partial charge on any atom is -0.274 e. The normalized spacial score (nSPS) is 22.4. The SMILES string of the molecule is O=C1CC2(CCCCC2)CC(=O)N1c1cccc(Cl)c1. The zero-order valence-electron chi connectivity index (χ0n) is 11.4. The van der Waals surface area contributed by atoms with Gasteiger partial charge in [-0.3, -0.25) is 14.5 Å². The lowest BCUT2D eigenvalue weighted by Gasteiger charge is -2.42. The highest BCUT2D eigenvalue weighted by molar-refractivity contribution is 6.31. The monoisotopic (exact) mass is 291 g/mol. The standard InChI is InChI=1S/C16H18ClNO2/c17-12-5-4-6-13(9-12)18-14(19)10-16(11-15(18)20)7-2-1-3-8-16/h4-6,9H,1-3,7-8,10-11H2. The Balaban J connectivity index is 1.86. The van der Waals surface area contributed by atoms with Gasteiger partial charge in [-0.1, -0.05) is 36.9 Å². The molecule has 1 saturated heterocycles. The van der Waals surface area contributed by atoms with Crippen molar-refractivity contribution >= 4 is 29.1 Å². The first-order chi connectivity index (χ1) is 9.60. The predicted octanol–water partition coefficient (Wildman–Crippen LogP) is 3.94. The molecule has 1 spiro atoms. The van der Waals surface area contributed by atoms with Crippen molar-refractivity contribution in [2.45, 2.75) is 44.9 Å². The van der Waals surface area contributed by atoms with Crippen LogP contribution in [0, 0.1) is 5.41 Å². The number of amides is 2. The summed E-state index contributed by atoms with van der Waals surface area (Å²) in [6.07, 6.45) is 6.50. The first kappa shape index (κ1) is 13.6. The van der Waals surface area contributed by atoms with Crippen LogP contribution in [0.2, 0.25) is 5.02 Å². The quantitative estimate of drug-likeness (QED) is 0.735. The summed E-state index contributed by atoms with van der Waals surface area (Å²) >= 11 is 5.95. The summed E-state index contributed by atoms with van der Waals surface area (Å²) in [5.41, 5.74) is 0.528. The summed E-state index contributed by atoms with van der Waals surface area (Å²) in [7, 11) is 0. The van der Waals surface area contributed by atoms with Gasteiger partial charge in [-0.05, 0) is 36.5 Å². The Labute approximate surface area is 123 Å². The van der Waals surface area contributed by atoms with Gasteiger partial charge in [0, 0.05) is 17.9 Å². The molecular weight excluding hydrogens is 274 g/mol. The van der Waals surface area contributed by atoms with E-state index in [1.54, 1.807) is 24.3 Å². The Morgan fingerprint density at radius 2 is 1.65 bits per heavy atom. The van der Waals surface area contributed by atoms with Crippen LogP contribution in [-0.4, -0.2) is 11.8 Å². The number of imide groups is 1. The third-order valence-corrected chi connectivity index (χ3v) is 4.77. The molecule has 1 aromatic carbocycles. The highest BCUT2D eigenvalue weighted by Gasteiger charge is 2.44. The lowest BCUT2D eigenvalue weighted by Crippen LogP contribution is -2.48. The maximum Gasteiger partial charge on any atom is 0.234 e. The maximum absolute atomic E-state index is 12.5. The van der Waals surface area contributed by atoms with Crippen molar-refractivity contribution in [2.24, 2.45) is 5.41 Å². The van der Waals surface area contributed by atoms with Gasteiger partial charge in [0.15, 0.2) is 0 Å². The largest absolute Gasteiger partial charge is 0.274 e. The number of benzene rings is 1. The molecule has 1 aliphatic carbocycles. The lowest BCUT2D eigenvalue weighted by atomic mass is 9.67. The highest BCUT2D eigenvalue weighted by Crippen LogP contribution is 2.46. The second-order valence-electron chi connectivity index (χ2n) is 6.02. The fourth-order valence-corrected chi connectivity index (χ4v) is 3.74. The number of halogens is 1. The smallest absolute Gasteiger partial charge is 0.234 e. The first-order valence-corrected chi connectivity index (χ1v) is 7.59. The Hall–Kier alpha value is -1.35. The van der Waals surface area contributed by atoms with E-state index in [-0.39, 0.29) is 17.2 Å². The van der Waals surface area contributed by atoms with E-state index < -0.39 is 0 Å². The number of carbonyl (C=O) groups is 2. The van der Waals surface area contributed by atoms with Gasteiger partial charge in [0.25, 0.3) is 0 Å². The van der Waals surface area contributed by atoms with Crippen molar-refractivity contribution in [1.82, 2.24) is 0 Å². The molecule has 0 atom stereocenters. The topological polar surface area (TPSA) is 37.4 Å². The molecule has 0 aromatic heterocycles. The van der Waals surface area contributed by atoms with E-state index in [9.17, 15) is 9.59 Å². The Bertz CT molecular complexity index is 529. The summed E-state index contributed by atoms with van der Waals surface area (Å²) in [6, 6.07) is 6.95. The third-order valence-electron chi connectivity index (χ3n) is 4.53. The van der Waals surface area contributed by atoms with Crippen molar-refractivity contribution in [3.8, 4) is 0 Å². The zero-order valence-corrected chi connectivity index (χ0v) is 12.2. The van der Waals surface area contributed by atoms with Crippen LogP contribution in [0.3, 0.4) is 0 Å². The van der Waals surface area contributed by atoms with Crippen LogP contribution in [0.25, 0.3) is 0 Å². The molecule has 3 nitrogen and oxygen atoms in total. The summed E-state index contributed by atoms with van der Waals surface area (Å²) in [4.78, 5) is 26.2. The molecule has 106 valence electrons. The van der Waals surface area contributed by atoms with Crippen molar-refractivity contribution in [3.63, 3.8) is 0 Å². The molecule has 1 heterocycles. The summed E-state index contributed by atoms with van der Waals surface area (Å²) in [5, 5.41) is 0.543. The Morgan fingerprint density at radius 1 is 1.00 bits per heavy atom. The predicted molar refractivity (Wildman–Crippen MR) is 78.7 cm³/mol. The van der Waals surface area contributed by atoms with Crippen molar-refractivity contribution in [1.29, 1.82) is 0 Å². The summed E-state index contributed by atoms with van der Waals surface area (Å²) in [6.45, 7) is 0. The van der Waals surface area contributed by atoms with Gasteiger partial charge in [-0.25, -0.2) is 0 Å². The first-order valence-electron chi connectivity index (χ1n) is 7.21. The summed E-state index contributed by atoms with van der Waals surface area (Å²) < 4.78 is 0. The summed E-state index contributed by atoms with van der Waals surface area (Å²) in [5.74, 6) is -0.157. The van der Waals surface area contributed by atoms with Crippen LogP contribution < -0.4 is 4.90 Å². The average molecular weight is 292 g/mol. The van der Waals surface area contributed by atoms with E-state index in [4.69, 9.17) is 11.6 Å². The fraction of sp³-hybridized carbons (Fsp3) is 0.500. The Kier molecular flexibility index (Phi) is 3.55. The fourth-order valence-electron chi connectivity index (χ4n) is 3.56. The number of anilines is 1. The average Bonchev–Trinajstić information content (AvgIpc) is 2.38. The molecule has 1 aliphatic heterocycles. The second-order valence-corrected chi connectivity index (χ2v) is 6.45. The minimum atomic E-state index is -0.0783. The maximum atomic E-state index is 12.5. The number of nitrogens with zero attached hydrogens (tertiary/aromatic N) is 1. The number of piperidine rings is 1. The molecule has 2 aliphatic rings. The van der Waals surface area contributed by atoms with Crippen LogP contribution in [-0.2, 0) is 9.59 Å². The molecule has 20 heavy (non-hydrogen) atoms. The molecule has 0 unspecified atom stereocenters. The third kappa shape index (κ3) is 2.47. The number of carbonyl (C=O) groups excluding carboxylic acids is 2. The van der Waals surface area contributed by atoms with Crippen LogP contribution >= 0.6 is 11.6 Å². The van der Waals surface area contributed by atoms with Crippen LogP contribution in [0.4, 0.5) is 5.69 Å². The van der Waals surface area contributed by atoms with Crippen LogP contribution in [0.1, 0.15) is 44.9 Å². The molecule has 0 radical (unpaired) electrons. The van der Waals surface area contributed by atoms with Gasteiger partial charge in [0.05, 0.1) is 5.69 Å². The minimum absolute atomic E-state index is 0.0680. The van der Waals surface area contributed by atoms with E-state index in [1.807, 2.05) is 0 Å². The highest BCUT2D eigenvalue weighted by atomic mass is 35.5. The van der Waals surface area contributed by atoms with E-state index in [2.05, 4.69) is 0 Å². The zero-order chi connectivity index (χ0) is 14.2. The molecule has 1 saturated carbocycles. The molecule has 2 fully saturated rings. The number of hydrogen-bond acceptors (Lipinski definition) is 2. The van der Waals surface area contributed by atoms with Gasteiger partial charge in [0.2, 0.25) is 11.8 Å². The van der Waals surface area contributed by atoms with E-state index >= 15 is 0 Å². The van der Waals surface area contributed by atoms with Gasteiger partial charge in [-0.2, -0.15) is 0 Å². The number of hydrogen-bond donors (Lipinski definition) is 0. The number of rotatable bonds is 1. The van der Waals surface area contributed by atoms with E-state index in [1.165, 1.54) is 11.3 Å². The van der Waals surface area contributed by atoms with Crippen LogP contribution in [0.5, 0.6) is 0 Å². The van der Waals surface area contributed by atoms with E-state index in [0.29, 0.717) is 23.6 Å².